The molecule has 0 bridgehead atoms. The Morgan fingerprint density at radius 3 is 2.43 bits per heavy atom. The van der Waals surface area contributed by atoms with E-state index in [2.05, 4.69) is 53.7 Å². The lowest BCUT2D eigenvalue weighted by atomic mass is 9.44. The predicted octanol–water partition coefficient (Wildman–Crippen LogP) is 6.86. The summed E-state index contributed by atoms with van der Waals surface area (Å²) in [4.78, 5) is 23.6. The summed E-state index contributed by atoms with van der Waals surface area (Å²) in [6, 6.07) is 0. The number of aliphatic carboxylic acids is 1. The summed E-state index contributed by atoms with van der Waals surface area (Å²) in [5.41, 5.74) is 2.68. The molecule has 0 saturated heterocycles. The van der Waals surface area contributed by atoms with Crippen LogP contribution in [-0.2, 0) is 14.3 Å². The van der Waals surface area contributed by atoms with Gasteiger partial charge in [0.1, 0.15) is 6.10 Å². The van der Waals surface area contributed by atoms with Gasteiger partial charge in [-0.05, 0) is 97.0 Å². The molecule has 8 unspecified atom stereocenters. The zero-order valence-electron chi connectivity index (χ0n) is 24.2. The van der Waals surface area contributed by atoms with Crippen LogP contribution >= 0.6 is 0 Å². The first-order chi connectivity index (χ1) is 17.1. The molecule has 0 aromatic rings. The quantitative estimate of drug-likeness (QED) is 0.300. The molecule has 4 aliphatic rings. The minimum Gasteiger partial charge on any atom is -0.478 e. The summed E-state index contributed by atoms with van der Waals surface area (Å²) < 4.78 is 6.14. The van der Waals surface area contributed by atoms with E-state index in [0.717, 1.165) is 44.9 Å². The number of hydrogen-bond donors (Lipinski definition) is 2. The van der Waals surface area contributed by atoms with Gasteiger partial charge in [0.2, 0.25) is 0 Å². The second kappa shape index (κ2) is 9.39. The number of allylic oxidation sites excluding steroid dienone is 4. The molecule has 5 heteroatoms. The number of rotatable bonds is 6. The van der Waals surface area contributed by atoms with Gasteiger partial charge in [0.25, 0.3) is 0 Å². The number of hydrogen-bond acceptors (Lipinski definition) is 4. The zero-order chi connectivity index (χ0) is 27.6. The van der Waals surface area contributed by atoms with Crippen LogP contribution in [0.3, 0.4) is 0 Å². The molecular weight excluding hydrogens is 464 g/mol. The highest BCUT2D eigenvalue weighted by Crippen LogP contribution is 2.72. The van der Waals surface area contributed by atoms with Crippen molar-refractivity contribution < 1.29 is 24.5 Å². The fourth-order valence-electron chi connectivity index (χ4n) is 9.13. The first-order valence-corrected chi connectivity index (χ1v) is 14.3. The standard InChI is InChI=1S/C32H48O5/c1-19(10-9-11-20(2)28(35)36)24-18-27(37-21(3)33)32(8)23-12-13-25-29(4,5)26(34)15-16-30(25,6)22(23)14-17-31(24,32)7/h11-12,14,19,24-27,34H,9-10,13,15-18H2,1-8H3,(H,35,36). The molecule has 0 radical (unpaired) electrons. The van der Waals surface area contributed by atoms with Crippen molar-refractivity contribution in [1.29, 1.82) is 0 Å². The number of aliphatic hydroxyl groups is 1. The lowest BCUT2D eigenvalue weighted by molar-refractivity contribution is -0.152. The summed E-state index contributed by atoms with van der Waals surface area (Å²) >= 11 is 0. The van der Waals surface area contributed by atoms with Gasteiger partial charge in [0.05, 0.1) is 6.10 Å². The van der Waals surface area contributed by atoms with E-state index >= 15 is 0 Å². The van der Waals surface area contributed by atoms with Gasteiger partial charge in [-0.2, -0.15) is 0 Å². The average molecular weight is 513 g/mol. The highest BCUT2D eigenvalue weighted by Gasteiger charge is 2.67. The Labute approximate surface area is 223 Å². The van der Waals surface area contributed by atoms with Crippen LogP contribution in [0.15, 0.2) is 34.9 Å². The Kier molecular flexibility index (Phi) is 7.14. The van der Waals surface area contributed by atoms with Crippen molar-refractivity contribution in [2.24, 2.45) is 39.4 Å². The fourth-order valence-corrected chi connectivity index (χ4v) is 9.13. The van der Waals surface area contributed by atoms with Gasteiger partial charge in [0.15, 0.2) is 0 Å². The molecule has 2 saturated carbocycles. The largest absolute Gasteiger partial charge is 0.478 e. The summed E-state index contributed by atoms with van der Waals surface area (Å²) in [7, 11) is 0. The van der Waals surface area contributed by atoms with Crippen LogP contribution in [0, 0.1) is 39.4 Å². The van der Waals surface area contributed by atoms with Gasteiger partial charge >= 0.3 is 11.9 Å². The highest BCUT2D eigenvalue weighted by atomic mass is 16.5. The van der Waals surface area contributed by atoms with Crippen molar-refractivity contribution >= 4 is 11.9 Å². The first kappa shape index (κ1) is 28.1. The minimum atomic E-state index is -0.859. The second-order valence-electron chi connectivity index (χ2n) is 13.8. The molecule has 4 aliphatic carbocycles. The van der Waals surface area contributed by atoms with Crippen molar-refractivity contribution in [3.63, 3.8) is 0 Å². The molecular formula is C32H48O5. The molecule has 5 nitrogen and oxygen atoms in total. The molecule has 0 heterocycles. The third-order valence-electron chi connectivity index (χ3n) is 11.7. The minimum absolute atomic E-state index is 0.000777. The van der Waals surface area contributed by atoms with Crippen molar-refractivity contribution in [3.05, 3.63) is 34.9 Å². The first-order valence-electron chi connectivity index (χ1n) is 14.3. The Balaban J connectivity index is 1.73. The normalized spacial score (nSPS) is 41.5. The number of carboxylic acid groups (broad SMARTS) is 1. The van der Waals surface area contributed by atoms with Crippen LogP contribution in [0.2, 0.25) is 0 Å². The van der Waals surface area contributed by atoms with Crippen LogP contribution in [0.4, 0.5) is 0 Å². The highest BCUT2D eigenvalue weighted by molar-refractivity contribution is 5.85. The number of esters is 1. The van der Waals surface area contributed by atoms with Gasteiger partial charge in [0, 0.05) is 17.9 Å². The van der Waals surface area contributed by atoms with E-state index < -0.39 is 5.97 Å². The molecule has 37 heavy (non-hydrogen) atoms. The molecule has 0 aromatic carbocycles. The van der Waals surface area contributed by atoms with Gasteiger partial charge in [-0.1, -0.05) is 59.8 Å². The van der Waals surface area contributed by atoms with Crippen LogP contribution < -0.4 is 0 Å². The molecule has 206 valence electrons. The maximum Gasteiger partial charge on any atom is 0.330 e. The smallest absolute Gasteiger partial charge is 0.330 e. The van der Waals surface area contributed by atoms with Crippen molar-refractivity contribution in [3.8, 4) is 0 Å². The van der Waals surface area contributed by atoms with Crippen LogP contribution in [-0.4, -0.2) is 34.4 Å². The topological polar surface area (TPSA) is 83.8 Å². The predicted molar refractivity (Wildman–Crippen MR) is 146 cm³/mol. The fraction of sp³-hybridized carbons (Fsp3) is 0.750. The van der Waals surface area contributed by atoms with E-state index in [1.807, 2.05) is 6.08 Å². The van der Waals surface area contributed by atoms with Gasteiger partial charge in [-0.3, -0.25) is 4.79 Å². The molecule has 0 aromatic heterocycles. The third kappa shape index (κ3) is 4.15. The van der Waals surface area contributed by atoms with Gasteiger partial charge < -0.3 is 14.9 Å². The Morgan fingerprint density at radius 1 is 1.14 bits per heavy atom. The Bertz CT molecular complexity index is 1050. The summed E-state index contributed by atoms with van der Waals surface area (Å²) in [5.74, 6) is 0.0188. The zero-order valence-corrected chi connectivity index (χ0v) is 24.2. The SMILES string of the molecule is CC(=O)OC1CC(C(C)CCC=C(C)C(=O)O)C2(C)CC=C3C(=CCC4C3(C)CCC(O)C4(C)C)C12C. The molecule has 4 rings (SSSR count). The average Bonchev–Trinajstić information content (AvgIpc) is 3.03. The number of carboxylic acids is 1. The Hall–Kier alpha value is -1.88. The van der Waals surface area contributed by atoms with Crippen molar-refractivity contribution in [1.82, 2.24) is 0 Å². The maximum absolute atomic E-state index is 12.3. The van der Waals surface area contributed by atoms with Crippen LogP contribution in [0.5, 0.6) is 0 Å². The van der Waals surface area contributed by atoms with Crippen molar-refractivity contribution in [2.45, 2.75) is 113 Å². The van der Waals surface area contributed by atoms with E-state index in [4.69, 9.17) is 4.74 Å². The number of carbonyl (C=O) groups is 2. The van der Waals surface area contributed by atoms with E-state index in [9.17, 15) is 19.8 Å². The Morgan fingerprint density at radius 2 is 1.81 bits per heavy atom. The van der Waals surface area contributed by atoms with Crippen molar-refractivity contribution in [2.75, 3.05) is 0 Å². The van der Waals surface area contributed by atoms with Crippen LogP contribution in [0.1, 0.15) is 100 Å². The molecule has 0 amide bonds. The van der Waals surface area contributed by atoms with Crippen LogP contribution in [0.25, 0.3) is 0 Å². The number of ether oxygens (including phenoxy) is 1. The van der Waals surface area contributed by atoms with Gasteiger partial charge in [-0.25, -0.2) is 4.79 Å². The number of aliphatic hydroxyl groups excluding tert-OH is 1. The molecule has 2 fully saturated rings. The summed E-state index contributed by atoms with van der Waals surface area (Å²) in [6.07, 6.45) is 12.4. The van der Waals surface area contributed by atoms with E-state index in [1.165, 1.54) is 18.1 Å². The maximum atomic E-state index is 12.3. The number of carbonyl (C=O) groups excluding carboxylic acids is 1. The monoisotopic (exact) mass is 512 g/mol. The molecule has 8 atom stereocenters. The van der Waals surface area contributed by atoms with Gasteiger partial charge in [-0.15, -0.1) is 0 Å². The lowest BCUT2D eigenvalue weighted by Gasteiger charge is -2.61. The van der Waals surface area contributed by atoms with E-state index in [0.29, 0.717) is 23.3 Å². The molecule has 2 N–H and O–H groups in total. The third-order valence-corrected chi connectivity index (χ3v) is 11.7. The lowest BCUT2D eigenvalue weighted by Crippen LogP contribution is -2.56. The molecule has 0 spiro atoms. The summed E-state index contributed by atoms with van der Waals surface area (Å²) in [6.45, 7) is 17.1. The van der Waals surface area contributed by atoms with E-state index in [1.54, 1.807) is 6.92 Å². The number of fused-ring (bicyclic) bond motifs is 5. The van der Waals surface area contributed by atoms with E-state index in [-0.39, 0.29) is 39.8 Å². The summed E-state index contributed by atoms with van der Waals surface area (Å²) in [5, 5.41) is 20.1. The second-order valence-corrected chi connectivity index (χ2v) is 13.8. The molecule has 0 aliphatic heterocycles.